The van der Waals surface area contributed by atoms with Crippen molar-refractivity contribution in [1.82, 2.24) is 4.98 Å². The van der Waals surface area contributed by atoms with Gasteiger partial charge in [0.2, 0.25) is 0 Å². The van der Waals surface area contributed by atoms with Gasteiger partial charge in [-0.15, -0.1) is 0 Å². The van der Waals surface area contributed by atoms with Crippen LogP contribution < -0.4 is 10.2 Å². The van der Waals surface area contributed by atoms with Crippen LogP contribution in [0.15, 0.2) is 48.8 Å². The van der Waals surface area contributed by atoms with Crippen LogP contribution in [0.3, 0.4) is 0 Å². The van der Waals surface area contributed by atoms with Crippen LogP contribution in [0.5, 0.6) is 0 Å². The Morgan fingerprint density at radius 1 is 1.12 bits per heavy atom. The van der Waals surface area contributed by atoms with Crippen molar-refractivity contribution in [3.05, 3.63) is 48.8 Å². The molecule has 3 nitrogen and oxygen atoms in total. The molecule has 3 rings (SSSR count). The first kappa shape index (κ1) is 9.21. The summed E-state index contributed by atoms with van der Waals surface area (Å²) in [5, 5.41) is 3.40. The molecule has 0 radical (unpaired) electrons. The maximum Gasteiger partial charge on any atom is 0.0647 e. The first-order valence-electron chi connectivity index (χ1n) is 5.45. The van der Waals surface area contributed by atoms with Gasteiger partial charge in [-0.05, 0) is 24.3 Å². The fourth-order valence-electron chi connectivity index (χ4n) is 2.06. The average molecular weight is 211 g/mol. The molecule has 3 heteroatoms. The summed E-state index contributed by atoms with van der Waals surface area (Å²) in [6.07, 6.45) is 3.71. The minimum absolute atomic E-state index is 0.964. The van der Waals surface area contributed by atoms with Crippen molar-refractivity contribution < 1.29 is 0 Å². The summed E-state index contributed by atoms with van der Waals surface area (Å²) in [6.45, 7) is 1.94. The molecule has 0 unspecified atom stereocenters. The van der Waals surface area contributed by atoms with Gasteiger partial charge in [0.15, 0.2) is 0 Å². The van der Waals surface area contributed by atoms with Crippen molar-refractivity contribution in [1.29, 1.82) is 0 Å². The largest absolute Gasteiger partial charge is 0.382 e. The van der Waals surface area contributed by atoms with Crippen LogP contribution in [0.2, 0.25) is 0 Å². The van der Waals surface area contributed by atoms with Gasteiger partial charge in [-0.3, -0.25) is 4.98 Å². The van der Waals surface area contributed by atoms with Gasteiger partial charge in [-0.2, -0.15) is 0 Å². The third-order valence-electron chi connectivity index (χ3n) is 2.80. The normalized spacial score (nSPS) is 14.1. The highest BCUT2D eigenvalue weighted by Crippen LogP contribution is 2.33. The summed E-state index contributed by atoms with van der Waals surface area (Å²) in [4.78, 5) is 6.46. The van der Waals surface area contributed by atoms with Crippen molar-refractivity contribution in [3.63, 3.8) is 0 Å². The van der Waals surface area contributed by atoms with Crippen LogP contribution in [0, 0.1) is 0 Å². The van der Waals surface area contributed by atoms with E-state index in [0.717, 1.165) is 18.8 Å². The summed E-state index contributed by atoms with van der Waals surface area (Å²) in [5.74, 6) is 0. The van der Waals surface area contributed by atoms with Crippen LogP contribution in [0.1, 0.15) is 0 Å². The number of hydrogen-bond donors (Lipinski definition) is 1. The Kier molecular flexibility index (Phi) is 2.22. The molecule has 0 bridgehead atoms. The smallest absolute Gasteiger partial charge is 0.0647 e. The number of fused-ring (bicyclic) bond motifs is 1. The molecule has 1 aromatic carbocycles. The number of para-hydroxylation sites is 2. The molecular weight excluding hydrogens is 198 g/mol. The van der Waals surface area contributed by atoms with E-state index in [1.807, 2.05) is 12.3 Å². The first-order chi connectivity index (χ1) is 7.95. The Balaban J connectivity index is 2.05. The summed E-state index contributed by atoms with van der Waals surface area (Å²) < 4.78 is 0. The van der Waals surface area contributed by atoms with E-state index in [2.05, 4.69) is 45.5 Å². The fraction of sp³-hybridized carbons (Fsp3) is 0.154. The molecule has 2 aromatic rings. The highest BCUT2D eigenvalue weighted by molar-refractivity contribution is 5.77. The lowest BCUT2D eigenvalue weighted by molar-refractivity contribution is 0.923. The summed E-state index contributed by atoms with van der Waals surface area (Å²) in [7, 11) is 0. The number of aromatic nitrogens is 1. The number of pyridine rings is 1. The molecule has 1 aliphatic heterocycles. The minimum Gasteiger partial charge on any atom is -0.382 e. The second-order valence-electron chi connectivity index (χ2n) is 3.81. The maximum absolute atomic E-state index is 4.17. The number of nitrogens with one attached hydrogen (secondary N) is 1. The van der Waals surface area contributed by atoms with E-state index in [-0.39, 0.29) is 0 Å². The molecule has 0 fully saturated rings. The lowest BCUT2D eigenvalue weighted by Crippen LogP contribution is -2.29. The summed E-state index contributed by atoms with van der Waals surface area (Å²) in [6, 6.07) is 12.4. The lowest BCUT2D eigenvalue weighted by atomic mass is 10.2. The number of anilines is 3. The second-order valence-corrected chi connectivity index (χ2v) is 3.81. The molecule has 1 aromatic heterocycles. The Labute approximate surface area is 94.7 Å². The van der Waals surface area contributed by atoms with Gasteiger partial charge < -0.3 is 10.2 Å². The molecule has 1 aliphatic rings. The Hall–Kier alpha value is -2.03. The molecule has 0 amide bonds. The Morgan fingerprint density at radius 3 is 2.94 bits per heavy atom. The molecule has 80 valence electrons. The zero-order chi connectivity index (χ0) is 10.8. The van der Waals surface area contributed by atoms with Crippen LogP contribution in [-0.4, -0.2) is 18.1 Å². The number of nitrogens with zero attached hydrogens (tertiary/aromatic N) is 2. The Bertz CT molecular complexity index is 482. The molecule has 0 spiro atoms. The SMILES string of the molecule is c1cncc(N2CCNc3ccccc32)c1. The van der Waals surface area contributed by atoms with Gasteiger partial charge in [-0.25, -0.2) is 0 Å². The van der Waals surface area contributed by atoms with Gasteiger partial charge in [0, 0.05) is 19.3 Å². The van der Waals surface area contributed by atoms with E-state index < -0.39 is 0 Å². The quantitative estimate of drug-likeness (QED) is 0.786. The van der Waals surface area contributed by atoms with E-state index in [4.69, 9.17) is 0 Å². The summed E-state index contributed by atoms with van der Waals surface area (Å²) >= 11 is 0. The minimum atomic E-state index is 0.964. The van der Waals surface area contributed by atoms with Gasteiger partial charge in [-0.1, -0.05) is 12.1 Å². The monoisotopic (exact) mass is 211 g/mol. The van der Waals surface area contributed by atoms with E-state index in [9.17, 15) is 0 Å². The fourth-order valence-corrected chi connectivity index (χ4v) is 2.06. The molecule has 1 N–H and O–H groups in total. The number of hydrogen-bond acceptors (Lipinski definition) is 3. The third kappa shape index (κ3) is 1.50. The number of rotatable bonds is 1. The highest BCUT2D eigenvalue weighted by Gasteiger charge is 2.16. The molecule has 0 atom stereocenters. The summed E-state index contributed by atoms with van der Waals surface area (Å²) in [5.41, 5.74) is 3.57. The van der Waals surface area contributed by atoms with Crippen LogP contribution in [-0.2, 0) is 0 Å². The Morgan fingerprint density at radius 2 is 2.06 bits per heavy atom. The van der Waals surface area contributed by atoms with Gasteiger partial charge in [0.1, 0.15) is 0 Å². The van der Waals surface area contributed by atoms with Gasteiger partial charge in [0.05, 0.1) is 23.3 Å². The van der Waals surface area contributed by atoms with Crippen molar-refractivity contribution in [3.8, 4) is 0 Å². The molecule has 2 heterocycles. The molecular formula is C13H13N3. The van der Waals surface area contributed by atoms with Crippen molar-refractivity contribution >= 4 is 17.1 Å². The topological polar surface area (TPSA) is 28.2 Å². The molecule has 0 saturated carbocycles. The van der Waals surface area contributed by atoms with E-state index in [0.29, 0.717) is 0 Å². The first-order valence-corrected chi connectivity index (χ1v) is 5.45. The zero-order valence-corrected chi connectivity index (χ0v) is 8.93. The van der Waals surface area contributed by atoms with Gasteiger partial charge in [0.25, 0.3) is 0 Å². The predicted octanol–water partition coefficient (Wildman–Crippen LogP) is 2.65. The van der Waals surface area contributed by atoms with E-state index >= 15 is 0 Å². The molecule has 0 aliphatic carbocycles. The van der Waals surface area contributed by atoms with Crippen molar-refractivity contribution in [2.75, 3.05) is 23.3 Å². The van der Waals surface area contributed by atoms with Crippen LogP contribution in [0.25, 0.3) is 0 Å². The molecule has 16 heavy (non-hydrogen) atoms. The average Bonchev–Trinajstić information content (AvgIpc) is 2.39. The van der Waals surface area contributed by atoms with Crippen molar-refractivity contribution in [2.24, 2.45) is 0 Å². The van der Waals surface area contributed by atoms with Crippen LogP contribution >= 0.6 is 0 Å². The van der Waals surface area contributed by atoms with Crippen molar-refractivity contribution in [2.45, 2.75) is 0 Å². The predicted molar refractivity (Wildman–Crippen MR) is 66.2 cm³/mol. The van der Waals surface area contributed by atoms with Crippen LogP contribution in [0.4, 0.5) is 17.1 Å². The van der Waals surface area contributed by atoms with E-state index in [1.165, 1.54) is 11.4 Å². The number of benzene rings is 1. The lowest BCUT2D eigenvalue weighted by Gasteiger charge is -2.31. The third-order valence-corrected chi connectivity index (χ3v) is 2.80. The standard InChI is InChI=1S/C13H13N3/c1-2-6-13-12(5-1)15-8-9-16(13)11-4-3-7-14-10-11/h1-7,10,15H,8-9H2. The maximum atomic E-state index is 4.17. The van der Waals surface area contributed by atoms with E-state index in [1.54, 1.807) is 6.20 Å². The molecule has 0 saturated heterocycles. The highest BCUT2D eigenvalue weighted by atomic mass is 15.2. The zero-order valence-electron chi connectivity index (χ0n) is 8.93. The second kappa shape index (κ2) is 3.85. The van der Waals surface area contributed by atoms with Gasteiger partial charge >= 0.3 is 0 Å².